The summed E-state index contributed by atoms with van der Waals surface area (Å²) in [4.78, 5) is 22.3. The molecule has 1 aliphatic rings. The van der Waals surface area contributed by atoms with E-state index in [0.29, 0.717) is 29.9 Å². The van der Waals surface area contributed by atoms with Crippen molar-refractivity contribution >= 4 is 33.4 Å². The minimum atomic E-state index is -1.64. The number of aliphatic imine (C=N–C) groups is 1. The van der Waals surface area contributed by atoms with E-state index in [4.69, 9.17) is 19.6 Å². The maximum Gasteiger partial charge on any atom is 0.252 e. The van der Waals surface area contributed by atoms with Crippen molar-refractivity contribution in [3.05, 3.63) is 140 Å². The summed E-state index contributed by atoms with van der Waals surface area (Å²) in [5.74, 6) is -1.36. The van der Waals surface area contributed by atoms with E-state index >= 15 is 0 Å². The largest absolute Gasteiger partial charge is 0.494 e. The first-order valence-electron chi connectivity index (χ1n) is 14.0. The van der Waals surface area contributed by atoms with Crippen LogP contribution in [-0.4, -0.2) is 35.7 Å². The molecule has 5 rings (SSSR count). The molecule has 0 fully saturated rings. The number of rotatable bonds is 12. The van der Waals surface area contributed by atoms with Crippen LogP contribution in [0.3, 0.4) is 0 Å². The van der Waals surface area contributed by atoms with Crippen molar-refractivity contribution in [2.75, 3.05) is 13.2 Å². The number of ether oxygens (including phenoxy) is 2. The summed E-state index contributed by atoms with van der Waals surface area (Å²) < 4.78 is 41.1. The third-order valence-corrected chi connectivity index (χ3v) is 7.77. The van der Waals surface area contributed by atoms with Gasteiger partial charge in [0.15, 0.2) is 11.6 Å². The minimum Gasteiger partial charge on any atom is -0.494 e. The van der Waals surface area contributed by atoms with Gasteiger partial charge in [0.1, 0.15) is 17.4 Å². The summed E-state index contributed by atoms with van der Waals surface area (Å²) >= 11 is 3.44. The Morgan fingerprint density at radius 2 is 1.84 bits per heavy atom. The molecule has 0 radical (unpaired) electrons. The Morgan fingerprint density at radius 3 is 2.56 bits per heavy atom. The second kappa shape index (κ2) is 14.3. The summed E-state index contributed by atoms with van der Waals surface area (Å²) in [5, 5.41) is 15.7. The topological polar surface area (TPSA) is 129 Å². The van der Waals surface area contributed by atoms with Crippen LogP contribution in [0.1, 0.15) is 34.8 Å². The van der Waals surface area contributed by atoms with E-state index in [1.54, 1.807) is 48.5 Å². The minimum absolute atomic E-state index is 0.0117. The summed E-state index contributed by atoms with van der Waals surface area (Å²) in [7, 11) is 0. The summed E-state index contributed by atoms with van der Waals surface area (Å²) in [6.07, 6.45) is -0.505. The highest BCUT2D eigenvalue weighted by Crippen LogP contribution is 2.45. The molecular weight excluding hydrogens is 648 g/mol. The van der Waals surface area contributed by atoms with Crippen molar-refractivity contribution in [2.24, 2.45) is 10.1 Å². The Morgan fingerprint density at radius 1 is 1.09 bits per heavy atom. The molecule has 0 saturated carbocycles. The van der Waals surface area contributed by atoms with Crippen LogP contribution in [0.25, 0.3) is 10.4 Å². The Balaban J connectivity index is 1.60. The molecule has 9 nitrogen and oxygen atoms in total. The maximum absolute atomic E-state index is 14.5. The SMILES string of the molecule is [N-]=[N+]=Nc1ccccc1[C@H]1OC(c2ccc(OCCCO)cc2)=N[C@@]1(Cc1ccc(Br)cc1)C(=O)NCc1ccc(F)cc1F. The predicted molar refractivity (Wildman–Crippen MR) is 168 cm³/mol. The van der Waals surface area contributed by atoms with Crippen LogP contribution in [0.15, 0.2) is 106 Å². The van der Waals surface area contributed by atoms with Gasteiger partial charge in [0, 0.05) is 63.8 Å². The molecule has 2 atom stereocenters. The number of nitrogens with zero attached hydrogens (tertiary/aromatic N) is 4. The molecule has 0 aromatic heterocycles. The Kier molecular flexibility index (Phi) is 10.1. The Hall–Kier alpha value is -4.77. The van der Waals surface area contributed by atoms with Gasteiger partial charge in [-0.15, -0.1) is 0 Å². The van der Waals surface area contributed by atoms with Crippen molar-refractivity contribution < 1.29 is 28.2 Å². The number of hydrogen-bond acceptors (Lipinski definition) is 6. The summed E-state index contributed by atoms with van der Waals surface area (Å²) in [6.45, 7) is 0.122. The van der Waals surface area contributed by atoms with Crippen LogP contribution in [-0.2, 0) is 22.5 Å². The molecule has 45 heavy (non-hydrogen) atoms. The summed E-state index contributed by atoms with van der Waals surface area (Å²) in [6, 6.07) is 24.2. The Bertz CT molecular complexity index is 1750. The number of halogens is 3. The standard InChI is InChI=1S/C33H28BrF2N5O4/c34-24-11-6-21(7-12-24)19-33(32(43)38-20-23-8-13-25(35)18-28(23)36)30(27-4-1-2-5-29(27)40-41-37)45-31(39-33)22-9-14-26(15-10-22)44-17-3-16-42/h1-2,4-15,18,30,42H,3,16-17,19-20H2,(H,38,43)/t30-,33-/m1/s1. The monoisotopic (exact) mass is 675 g/mol. The normalized spacial score (nSPS) is 17.2. The van der Waals surface area contributed by atoms with Gasteiger partial charge >= 0.3 is 0 Å². The number of azide groups is 1. The predicted octanol–water partition coefficient (Wildman–Crippen LogP) is 7.25. The zero-order chi connectivity index (χ0) is 31.8. The lowest BCUT2D eigenvalue weighted by Gasteiger charge is -2.31. The highest BCUT2D eigenvalue weighted by atomic mass is 79.9. The number of aliphatic hydroxyl groups excluding tert-OH is 1. The first-order valence-corrected chi connectivity index (χ1v) is 14.8. The highest BCUT2D eigenvalue weighted by molar-refractivity contribution is 9.10. The first-order chi connectivity index (χ1) is 21.8. The molecule has 12 heteroatoms. The molecule has 4 aromatic carbocycles. The third kappa shape index (κ3) is 7.31. The van der Waals surface area contributed by atoms with E-state index in [1.807, 2.05) is 24.3 Å². The second-order valence-corrected chi connectivity index (χ2v) is 11.2. The molecule has 0 unspecified atom stereocenters. The van der Waals surface area contributed by atoms with Gasteiger partial charge in [0.05, 0.1) is 6.61 Å². The number of hydrogen-bond donors (Lipinski definition) is 2. The Labute approximate surface area is 266 Å². The van der Waals surface area contributed by atoms with E-state index in [0.717, 1.165) is 22.2 Å². The van der Waals surface area contributed by atoms with E-state index in [1.165, 1.54) is 6.07 Å². The van der Waals surface area contributed by atoms with Crippen molar-refractivity contribution in [1.29, 1.82) is 0 Å². The number of benzene rings is 4. The number of nitrogens with one attached hydrogen (secondary N) is 1. The molecule has 2 N–H and O–H groups in total. The van der Waals surface area contributed by atoms with Gasteiger partial charge < -0.3 is 19.9 Å². The zero-order valence-electron chi connectivity index (χ0n) is 23.9. The highest BCUT2D eigenvalue weighted by Gasteiger charge is 2.53. The smallest absolute Gasteiger partial charge is 0.252 e. The van der Waals surface area contributed by atoms with Crippen LogP contribution >= 0.6 is 15.9 Å². The molecule has 0 aliphatic carbocycles. The lowest BCUT2D eigenvalue weighted by atomic mass is 9.81. The lowest BCUT2D eigenvalue weighted by molar-refractivity contribution is -0.129. The van der Waals surface area contributed by atoms with Crippen LogP contribution in [0.5, 0.6) is 5.75 Å². The van der Waals surface area contributed by atoms with Gasteiger partial charge in [-0.05, 0) is 53.6 Å². The van der Waals surface area contributed by atoms with Crippen molar-refractivity contribution in [1.82, 2.24) is 5.32 Å². The average Bonchev–Trinajstić information content (AvgIpc) is 3.42. The lowest BCUT2D eigenvalue weighted by Crippen LogP contribution is -2.49. The van der Waals surface area contributed by atoms with Gasteiger partial charge in [-0.25, -0.2) is 13.8 Å². The molecule has 4 aromatic rings. The van der Waals surface area contributed by atoms with Gasteiger partial charge in [0.25, 0.3) is 5.91 Å². The van der Waals surface area contributed by atoms with E-state index in [-0.39, 0.29) is 36.7 Å². The fourth-order valence-electron chi connectivity index (χ4n) is 5.01. The fourth-order valence-corrected chi connectivity index (χ4v) is 5.28. The fraction of sp³-hybridized carbons (Fsp3) is 0.212. The number of carbonyl (C=O) groups excluding carboxylic acids is 1. The molecule has 1 aliphatic heterocycles. The average molecular weight is 677 g/mol. The molecule has 1 heterocycles. The van der Waals surface area contributed by atoms with Crippen molar-refractivity contribution in [2.45, 2.75) is 31.0 Å². The molecule has 0 saturated heterocycles. The number of aliphatic hydroxyl groups is 1. The number of carbonyl (C=O) groups is 1. The molecule has 1 amide bonds. The second-order valence-electron chi connectivity index (χ2n) is 10.3. The van der Waals surface area contributed by atoms with E-state index < -0.39 is 29.2 Å². The van der Waals surface area contributed by atoms with Crippen LogP contribution < -0.4 is 10.1 Å². The van der Waals surface area contributed by atoms with Crippen LogP contribution in [0, 0.1) is 11.6 Å². The van der Waals surface area contributed by atoms with Crippen molar-refractivity contribution in [3.63, 3.8) is 0 Å². The van der Waals surface area contributed by atoms with Crippen LogP contribution in [0.4, 0.5) is 14.5 Å². The maximum atomic E-state index is 14.5. The quantitative estimate of drug-likeness (QED) is 0.0709. The van der Waals surface area contributed by atoms with Crippen molar-refractivity contribution in [3.8, 4) is 5.75 Å². The van der Waals surface area contributed by atoms with E-state index in [2.05, 4.69) is 31.3 Å². The third-order valence-electron chi connectivity index (χ3n) is 7.24. The van der Waals surface area contributed by atoms with Gasteiger partial charge in [-0.1, -0.05) is 63.5 Å². The van der Waals surface area contributed by atoms with Crippen LogP contribution in [0.2, 0.25) is 0 Å². The first kappa shape index (κ1) is 31.6. The van der Waals surface area contributed by atoms with Gasteiger partial charge in [0.2, 0.25) is 5.90 Å². The van der Waals surface area contributed by atoms with E-state index in [9.17, 15) is 19.1 Å². The van der Waals surface area contributed by atoms with Gasteiger partial charge in [-0.3, -0.25) is 4.79 Å². The molecule has 0 bridgehead atoms. The molecule has 0 spiro atoms. The number of amides is 1. The zero-order valence-corrected chi connectivity index (χ0v) is 25.5. The molecular formula is C33H28BrF2N5O4. The summed E-state index contributed by atoms with van der Waals surface area (Å²) in [5.41, 5.74) is 9.75. The van der Waals surface area contributed by atoms with Gasteiger partial charge in [-0.2, -0.15) is 0 Å². The molecule has 230 valence electrons.